The van der Waals surface area contributed by atoms with Crippen LogP contribution in [0, 0.1) is 11.8 Å². The summed E-state index contributed by atoms with van der Waals surface area (Å²) in [5.74, 6) is -1.73. The molecule has 1 fully saturated rings. The summed E-state index contributed by atoms with van der Waals surface area (Å²) < 4.78 is 26.4. The molecule has 1 aliphatic rings. The smallest absolute Gasteiger partial charge is 0.260 e. The van der Waals surface area contributed by atoms with Crippen LogP contribution in [0.1, 0.15) is 39.5 Å². The number of hydrogen-bond acceptors (Lipinski definition) is 1. The zero-order valence-electron chi connectivity index (χ0n) is 9.32. The van der Waals surface area contributed by atoms with Gasteiger partial charge in [0.05, 0.1) is 6.04 Å². The van der Waals surface area contributed by atoms with Crippen LogP contribution in [0.3, 0.4) is 0 Å². The van der Waals surface area contributed by atoms with Gasteiger partial charge in [-0.15, -0.1) is 0 Å². The molecular weight excluding hydrogens is 184 g/mol. The lowest BCUT2D eigenvalue weighted by Gasteiger charge is -2.35. The maximum atomic E-state index is 13.2. The third-order valence-electron chi connectivity index (χ3n) is 3.39. The Balaban J connectivity index is 2.54. The van der Waals surface area contributed by atoms with Gasteiger partial charge < -0.3 is 5.32 Å². The molecule has 84 valence electrons. The molecule has 1 nitrogen and oxygen atoms in total. The number of alkyl halides is 2. The maximum absolute atomic E-state index is 13.2. The van der Waals surface area contributed by atoms with Crippen molar-refractivity contribution in [3.05, 3.63) is 0 Å². The molecule has 1 saturated carbocycles. The molecule has 0 saturated heterocycles. The first-order chi connectivity index (χ1) is 6.45. The van der Waals surface area contributed by atoms with E-state index in [0.29, 0.717) is 5.92 Å². The molecule has 1 unspecified atom stereocenters. The zero-order valence-corrected chi connectivity index (χ0v) is 9.32. The van der Waals surface area contributed by atoms with Gasteiger partial charge in [-0.2, -0.15) is 0 Å². The first-order valence-corrected chi connectivity index (χ1v) is 5.50. The predicted molar refractivity (Wildman–Crippen MR) is 54.6 cm³/mol. The molecule has 0 aromatic rings. The largest absolute Gasteiger partial charge is 0.311 e. The van der Waals surface area contributed by atoms with E-state index < -0.39 is 12.0 Å². The average Bonchev–Trinajstić information content (AvgIpc) is 2.07. The third kappa shape index (κ3) is 2.91. The van der Waals surface area contributed by atoms with Crippen molar-refractivity contribution in [1.82, 2.24) is 5.32 Å². The van der Waals surface area contributed by atoms with Gasteiger partial charge in [-0.3, -0.25) is 0 Å². The average molecular weight is 205 g/mol. The molecule has 0 heterocycles. The van der Waals surface area contributed by atoms with E-state index in [1.807, 2.05) is 0 Å². The van der Waals surface area contributed by atoms with E-state index in [0.717, 1.165) is 32.6 Å². The minimum absolute atomic E-state index is 0.149. The standard InChI is InChI=1S/C11H21F2N/c1-8-4-6-9(7-5-8)10(14-3)11(2,12)13/h8-10,14H,4-7H2,1-3H3. The number of nitrogens with one attached hydrogen (secondary N) is 1. The number of halogens is 2. The highest BCUT2D eigenvalue weighted by atomic mass is 19.3. The van der Waals surface area contributed by atoms with Crippen molar-refractivity contribution in [2.24, 2.45) is 11.8 Å². The van der Waals surface area contributed by atoms with Crippen LogP contribution in [-0.2, 0) is 0 Å². The lowest BCUT2D eigenvalue weighted by atomic mass is 9.78. The topological polar surface area (TPSA) is 12.0 Å². The molecule has 0 aliphatic heterocycles. The summed E-state index contributed by atoms with van der Waals surface area (Å²) in [6.45, 7) is 3.22. The normalized spacial score (nSPS) is 31.5. The zero-order chi connectivity index (χ0) is 10.8. The van der Waals surface area contributed by atoms with E-state index in [9.17, 15) is 8.78 Å². The molecule has 0 bridgehead atoms. The lowest BCUT2D eigenvalue weighted by molar-refractivity contribution is -0.0433. The lowest BCUT2D eigenvalue weighted by Crippen LogP contribution is -2.47. The Morgan fingerprint density at radius 1 is 1.21 bits per heavy atom. The second-order valence-electron chi connectivity index (χ2n) is 4.74. The Kier molecular flexibility index (Phi) is 3.87. The van der Waals surface area contributed by atoms with Crippen LogP contribution >= 0.6 is 0 Å². The summed E-state index contributed by atoms with van der Waals surface area (Å²) in [4.78, 5) is 0. The van der Waals surface area contributed by atoms with E-state index in [1.54, 1.807) is 7.05 Å². The van der Waals surface area contributed by atoms with E-state index in [2.05, 4.69) is 12.2 Å². The van der Waals surface area contributed by atoms with Gasteiger partial charge in [0.1, 0.15) is 0 Å². The number of rotatable bonds is 3. The quantitative estimate of drug-likeness (QED) is 0.746. The maximum Gasteiger partial charge on any atom is 0.260 e. The number of hydrogen-bond donors (Lipinski definition) is 1. The predicted octanol–water partition coefficient (Wildman–Crippen LogP) is 3.06. The summed E-state index contributed by atoms with van der Waals surface area (Å²) in [7, 11) is 1.64. The van der Waals surface area contributed by atoms with Crippen molar-refractivity contribution in [1.29, 1.82) is 0 Å². The molecule has 0 amide bonds. The van der Waals surface area contributed by atoms with Gasteiger partial charge in [0, 0.05) is 6.92 Å². The Morgan fingerprint density at radius 3 is 2.07 bits per heavy atom. The van der Waals surface area contributed by atoms with E-state index in [-0.39, 0.29) is 5.92 Å². The van der Waals surface area contributed by atoms with Crippen LogP contribution < -0.4 is 5.32 Å². The van der Waals surface area contributed by atoms with Gasteiger partial charge in [-0.05, 0) is 31.7 Å². The van der Waals surface area contributed by atoms with Crippen molar-refractivity contribution in [3.8, 4) is 0 Å². The Morgan fingerprint density at radius 2 is 1.71 bits per heavy atom. The molecule has 1 atom stereocenters. The van der Waals surface area contributed by atoms with Crippen molar-refractivity contribution in [3.63, 3.8) is 0 Å². The van der Waals surface area contributed by atoms with Crippen LogP contribution in [0.5, 0.6) is 0 Å². The van der Waals surface area contributed by atoms with E-state index in [1.165, 1.54) is 0 Å². The van der Waals surface area contributed by atoms with Crippen LogP contribution in [0.2, 0.25) is 0 Å². The van der Waals surface area contributed by atoms with E-state index >= 15 is 0 Å². The van der Waals surface area contributed by atoms with E-state index in [4.69, 9.17) is 0 Å². The van der Waals surface area contributed by atoms with Crippen molar-refractivity contribution in [2.75, 3.05) is 7.05 Å². The molecule has 0 aromatic carbocycles. The Labute approximate surface area is 85.3 Å². The summed E-state index contributed by atoms with van der Waals surface area (Å²) in [5, 5.41) is 2.78. The van der Waals surface area contributed by atoms with Crippen molar-refractivity contribution < 1.29 is 8.78 Å². The first-order valence-electron chi connectivity index (χ1n) is 5.50. The summed E-state index contributed by atoms with van der Waals surface area (Å²) in [6.07, 6.45) is 4.07. The highest BCUT2D eigenvalue weighted by molar-refractivity contribution is 4.87. The summed E-state index contributed by atoms with van der Waals surface area (Å²) in [5.41, 5.74) is 0. The van der Waals surface area contributed by atoms with Crippen LogP contribution in [0.25, 0.3) is 0 Å². The summed E-state index contributed by atoms with van der Waals surface area (Å²) in [6, 6.07) is -0.644. The van der Waals surface area contributed by atoms with Gasteiger partial charge in [-0.25, -0.2) is 8.78 Å². The van der Waals surface area contributed by atoms with Crippen LogP contribution in [0.15, 0.2) is 0 Å². The second-order valence-corrected chi connectivity index (χ2v) is 4.74. The fraction of sp³-hybridized carbons (Fsp3) is 1.00. The molecule has 0 aromatic heterocycles. The third-order valence-corrected chi connectivity index (χ3v) is 3.39. The van der Waals surface area contributed by atoms with Gasteiger partial charge in [-0.1, -0.05) is 19.8 Å². The second kappa shape index (κ2) is 4.56. The highest BCUT2D eigenvalue weighted by Crippen LogP contribution is 2.35. The Hall–Kier alpha value is -0.180. The van der Waals surface area contributed by atoms with Crippen LogP contribution in [-0.4, -0.2) is 19.0 Å². The molecule has 3 heteroatoms. The molecule has 1 rings (SSSR count). The van der Waals surface area contributed by atoms with Gasteiger partial charge in [0.15, 0.2) is 0 Å². The van der Waals surface area contributed by atoms with Crippen molar-refractivity contribution >= 4 is 0 Å². The molecule has 0 radical (unpaired) electrons. The summed E-state index contributed by atoms with van der Waals surface area (Å²) >= 11 is 0. The van der Waals surface area contributed by atoms with Gasteiger partial charge in [0.25, 0.3) is 5.92 Å². The van der Waals surface area contributed by atoms with Crippen molar-refractivity contribution in [2.45, 2.75) is 51.5 Å². The molecule has 1 N–H and O–H groups in total. The minimum atomic E-state index is -2.60. The Bertz CT molecular complexity index is 169. The monoisotopic (exact) mass is 205 g/mol. The van der Waals surface area contributed by atoms with Crippen LogP contribution in [0.4, 0.5) is 8.78 Å². The fourth-order valence-corrected chi connectivity index (χ4v) is 2.52. The fourth-order valence-electron chi connectivity index (χ4n) is 2.52. The molecule has 1 aliphatic carbocycles. The first kappa shape index (κ1) is 11.9. The molecule has 0 spiro atoms. The highest BCUT2D eigenvalue weighted by Gasteiger charge is 2.39. The van der Waals surface area contributed by atoms with Gasteiger partial charge in [0.2, 0.25) is 0 Å². The molecular formula is C11H21F2N. The SMILES string of the molecule is CNC(C1CCC(C)CC1)C(C)(F)F. The molecule has 14 heavy (non-hydrogen) atoms. The van der Waals surface area contributed by atoms with Gasteiger partial charge >= 0.3 is 0 Å². The minimum Gasteiger partial charge on any atom is -0.311 e.